The summed E-state index contributed by atoms with van der Waals surface area (Å²) in [7, 11) is 0. The third-order valence-corrected chi connectivity index (χ3v) is 2.38. The minimum absolute atomic E-state index is 0.112. The minimum Gasteiger partial charge on any atom is -0.368 e. The fourth-order valence-corrected chi connectivity index (χ4v) is 1.74. The highest BCUT2D eigenvalue weighted by Crippen LogP contribution is 2.24. The van der Waals surface area contributed by atoms with Crippen molar-refractivity contribution in [3.8, 4) is 0 Å². The molecule has 1 amide bonds. The Morgan fingerprint density at radius 3 is 2.58 bits per heavy atom. The van der Waals surface area contributed by atoms with Gasteiger partial charge in [0, 0.05) is 18.3 Å². The first kappa shape index (κ1) is 14.9. The van der Waals surface area contributed by atoms with Crippen molar-refractivity contribution in [1.82, 2.24) is 0 Å². The maximum absolute atomic E-state index is 13.4. The highest BCUT2D eigenvalue weighted by Gasteiger charge is 2.16. The van der Waals surface area contributed by atoms with Crippen LogP contribution >= 0.6 is 0 Å². The van der Waals surface area contributed by atoms with Crippen LogP contribution < -0.4 is 10.6 Å². The van der Waals surface area contributed by atoms with Gasteiger partial charge in [-0.25, -0.2) is 4.39 Å². The molecule has 19 heavy (non-hydrogen) atoms. The van der Waals surface area contributed by atoms with Crippen LogP contribution in [-0.2, 0) is 4.79 Å². The number of rotatable bonds is 6. The van der Waals surface area contributed by atoms with E-state index in [0.717, 1.165) is 12.1 Å². The zero-order valence-electron chi connectivity index (χ0n) is 10.8. The second kappa shape index (κ2) is 6.12. The molecule has 1 aromatic carbocycles. The SMILES string of the molecule is CC(C)CN(CC(N)=O)c1cc(F)cc([N+](=O)[O-])c1. The smallest absolute Gasteiger partial charge is 0.274 e. The monoisotopic (exact) mass is 269 g/mol. The van der Waals surface area contributed by atoms with E-state index in [4.69, 9.17) is 5.73 Å². The molecular weight excluding hydrogens is 253 g/mol. The van der Waals surface area contributed by atoms with Gasteiger partial charge in [0.2, 0.25) is 5.91 Å². The lowest BCUT2D eigenvalue weighted by molar-refractivity contribution is -0.385. The molecule has 0 saturated heterocycles. The first-order valence-corrected chi connectivity index (χ1v) is 5.78. The molecule has 6 nitrogen and oxygen atoms in total. The Bertz CT molecular complexity index is 491. The number of carbonyl (C=O) groups excluding carboxylic acids is 1. The Morgan fingerprint density at radius 1 is 1.47 bits per heavy atom. The molecule has 0 spiro atoms. The quantitative estimate of drug-likeness (QED) is 0.628. The summed E-state index contributed by atoms with van der Waals surface area (Å²) < 4.78 is 13.4. The van der Waals surface area contributed by atoms with Crippen LogP contribution in [0, 0.1) is 21.8 Å². The van der Waals surface area contributed by atoms with E-state index in [0.29, 0.717) is 6.54 Å². The summed E-state index contributed by atoms with van der Waals surface area (Å²) in [6.07, 6.45) is 0. The lowest BCUT2D eigenvalue weighted by Gasteiger charge is -2.25. The minimum atomic E-state index is -0.720. The van der Waals surface area contributed by atoms with Crippen molar-refractivity contribution < 1.29 is 14.1 Å². The molecule has 0 unspecified atom stereocenters. The zero-order chi connectivity index (χ0) is 14.6. The zero-order valence-corrected chi connectivity index (χ0v) is 10.8. The second-order valence-corrected chi connectivity index (χ2v) is 4.67. The van der Waals surface area contributed by atoms with Crippen LogP contribution in [0.1, 0.15) is 13.8 Å². The molecule has 2 N–H and O–H groups in total. The first-order chi connectivity index (χ1) is 8.79. The Kier molecular flexibility index (Phi) is 4.80. The fraction of sp³-hybridized carbons (Fsp3) is 0.417. The van der Waals surface area contributed by atoms with E-state index < -0.39 is 16.6 Å². The number of primary amides is 1. The van der Waals surface area contributed by atoms with Gasteiger partial charge in [-0.3, -0.25) is 14.9 Å². The van der Waals surface area contributed by atoms with E-state index in [1.165, 1.54) is 11.0 Å². The van der Waals surface area contributed by atoms with Crippen LogP contribution in [0.4, 0.5) is 15.8 Å². The molecule has 0 saturated carbocycles. The normalized spacial score (nSPS) is 10.5. The van der Waals surface area contributed by atoms with Gasteiger partial charge in [-0.15, -0.1) is 0 Å². The van der Waals surface area contributed by atoms with E-state index in [-0.39, 0.29) is 23.8 Å². The maximum Gasteiger partial charge on any atom is 0.274 e. The molecule has 7 heteroatoms. The highest BCUT2D eigenvalue weighted by atomic mass is 19.1. The number of nitrogens with zero attached hydrogens (tertiary/aromatic N) is 2. The lowest BCUT2D eigenvalue weighted by Crippen LogP contribution is -2.36. The summed E-state index contributed by atoms with van der Waals surface area (Å²) in [5, 5.41) is 10.7. The van der Waals surface area contributed by atoms with Crippen molar-refractivity contribution >= 4 is 17.3 Å². The Morgan fingerprint density at radius 2 is 2.11 bits per heavy atom. The first-order valence-electron chi connectivity index (χ1n) is 5.78. The van der Waals surface area contributed by atoms with Gasteiger partial charge in [-0.05, 0) is 12.0 Å². The van der Waals surface area contributed by atoms with Gasteiger partial charge in [-0.1, -0.05) is 13.8 Å². The van der Waals surface area contributed by atoms with Crippen molar-refractivity contribution in [3.63, 3.8) is 0 Å². The van der Waals surface area contributed by atoms with E-state index in [1.54, 1.807) is 0 Å². The lowest BCUT2D eigenvalue weighted by atomic mass is 10.1. The summed E-state index contributed by atoms with van der Waals surface area (Å²) in [4.78, 5) is 22.6. The predicted molar refractivity (Wildman–Crippen MR) is 69.3 cm³/mol. The molecule has 0 radical (unpaired) electrons. The van der Waals surface area contributed by atoms with Gasteiger partial charge in [0.05, 0.1) is 17.5 Å². The summed E-state index contributed by atoms with van der Waals surface area (Å²) >= 11 is 0. The van der Waals surface area contributed by atoms with Crippen LogP contribution in [0.2, 0.25) is 0 Å². The van der Waals surface area contributed by atoms with Crippen molar-refractivity contribution in [1.29, 1.82) is 0 Å². The van der Waals surface area contributed by atoms with Crippen molar-refractivity contribution in [2.24, 2.45) is 11.7 Å². The van der Waals surface area contributed by atoms with Gasteiger partial charge in [0.1, 0.15) is 5.82 Å². The van der Waals surface area contributed by atoms with Crippen LogP contribution in [0.3, 0.4) is 0 Å². The van der Waals surface area contributed by atoms with Gasteiger partial charge in [0.15, 0.2) is 0 Å². The molecule has 1 aromatic rings. The Labute approximate surface area is 110 Å². The van der Waals surface area contributed by atoms with Gasteiger partial charge < -0.3 is 10.6 Å². The van der Waals surface area contributed by atoms with Gasteiger partial charge in [0.25, 0.3) is 5.69 Å². The molecule has 0 aromatic heterocycles. The van der Waals surface area contributed by atoms with E-state index in [1.807, 2.05) is 13.8 Å². The average molecular weight is 269 g/mol. The number of carbonyl (C=O) groups is 1. The van der Waals surface area contributed by atoms with Crippen molar-refractivity contribution in [2.75, 3.05) is 18.0 Å². The molecule has 104 valence electrons. The fourth-order valence-electron chi connectivity index (χ4n) is 1.74. The summed E-state index contributed by atoms with van der Waals surface area (Å²) in [5.41, 5.74) is 5.06. The topological polar surface area (TPSA) is 89.5 Å². The van der Waals surface area contributed by atoms with Crippen LogP contribution in [0.15, 0.2) is 18.2 Å². The number of anilines is 1. The number of nitro groups is 1. The Balaban J connectivity index is 3.13. The average Bonchev–Trinajstić information content (AvgIpc) is 2.25. The molecule has 0 atom stereocenters. The second-order valence-electron chi connectivity index (χ2n) is 4.67. The number of benzene rings is 1. The largest absolute Gasteiger partial charge is 0.368 e. The molecule has 0 fully saturated rings. The third-order valence-electron chi connectivity index (χ3n) is 2.38. The number of nitrogens with two attached hydrogens (primary N) is 1. The number of amides is 1. The number of hydrogen-bond acceptors (Lipinski definition) is 4. The van der Waals surface area contributed by atoms with Gasteiger partial charge >= 0.3 is 0 Å². The van der Waals surface area contributed by atoms with Crippen LogP contribution in [0.5, 0.6) is 0 Å². The maximum atomic E-state index is 13.4. The molecule has 0 aliphatic carbocycles. The summed E-state index contributed by atoms with van der Waals surface area (Å²) in [5.74, 6) is -1.10. The molecule has 0 aliphatic heterocycles. The standard InChI is InChI=1S/C12H16FN3O3/c1-8(2)6-15(7-12(14)17)10-3-9(13)4-11(5-10)16(18)19/h3-5,8H,6-7H2,1-2H3,(H2,14,17). The number of nitro benzene ring substituents is 1. The molecule has 0 aliphatic rings. The Hall–Kier alpha value is -2.18. The highest BCUT2D eigenvalue weighted by molar-refractivity contribution is 5.79. The van der Waals surface area contributed by atoms with Crippen LogP contribution in [0.25, 0.3) is 0 Å². The van der Waals surface area contributed by atoms with Crippen molar-refractivity contribution in [2.45, 2.75) is 13.8 Å². The van der Waals surface area contributed by atoms with Gasteiger partial charge in [-0.2, -0.15) is 0 Å². The van der Waals surface area contributed by atoms with Crippen molar-refractivity contribution in [3.05, 3.63) is 34.1 Å². The van der Waals surface area contributed by atoms with E-state index in [2.05, 4.69) is 0 Å². The molecule has 0 heterocycles. The molecule has 1 rings (SSSR count). The van der Waals surface area contributed by atoms with E-state index in [9.17, 15) is 19.3 Å². The summed E-state index contributed by atoms with van der Waals surface area (Å²) in [6, 6.07) is 3.22. The number of hydrogen-bond donors (Lipinski definition) is 1. The molecule has 0 bridgehead atoms. The third kappa shape index (κ3) is 4.53. The van der Waals surface area contributed by atoms with E-state index >= 15 is 0 Å². The number of non-ortho nitro benzene ring substituents is 1. The summed E-state index contributed by atoms with van der Waals surface area (Å²) in [6.45, 7) is 4.17. The number of halogens is 1. The molecular formula is C12H16FN3O3. The predicted octanol–water partition coefficient (Wildman–Crippen LogP) is 1.68. The van der Waals surface area contributed by atoms with Crippen LogP contribution in [-0.4, -0.2) is 23.9 Å².